The molecule has 9 heteroatoms. The Kier molecular flexibility index (Phi) is 4.84. The second-order valence-corrected chi connectivity index (χ2v) is 7.65. The zero-order valence-electron chi connectivity index (χ0n) is 16.3. The van der Waals surface area contributed by atoms with E-state index in [-0.39, 0.29) is 29.7 Å². The molecule has 1 saturated carbocycles. The van der Waals surface area contributed by atoms with E-state index in [1.54, 1.807) is 6.92 Å². The monoisotopic (exact) mass is 406 g/mol. The lowest BCUT2D eigenvalue weighted by Crippen LogP contribution is -2.45. The number of anilines is 2. The van der Waals surface area contributed by atoms with E-state index in [0.29, 0.717) is 42.3 Å². The van der Waals surface area contributed by atoms with Crippen LogP contribution >= 0.6 is 0 Å². The summed E-state index contributed by atoms with van der Waals surface area (Å²) in [6.45, 7) is 3.63. The molecule has 1 aliphatic carbocycles. The largest absolute Gasteiger partial charge is 0.487 e. The fourth-order valence-corrected chi connectivity index (χ4v) is 3.67. The number of carbonyl (C=O) groups excluding carboxylic acids is 1. The van der Waals surface area contributed by atoms with Gasteiger partial charge in [-0.05, 0) is 44.7 Å². The standard InChI is InChI=1S/C20H21F3N4O2/c1-9-18-19(27(3)10(2)20(28)26-18)25-15(24-9)8-11-6-12(7-11)29-14-5-4-13(21)16(22)17(14)23/h4-5,10-12H,6-8H2,1-3H3,(H,26,28)/t10-,11?,12?/m0/s1. The van der Waals surface area contributed by atoms with Crippen LogP contribution < -0.4 is 15.0 Å². The van der Waals surface area contributed by atoms with Crippen molar-refractivity contribution in [1.82, 2.24) is 9.97 Å². The van der Waals surface area contributed by atoms with E-state index in [2.05, 4.69) is 15.3 Å². The van der Waals surface area contributed by atoms with E-state index in [1.807, 2.05) is 18.9 Å². The lowest BCUT2D eigenvalue weighted by molar-refractivity contribution is -0.117. The van der Waals surface area contributed by atoms with Crippen LogP contribution in [0.3, 0.4) is 0 Å². The maximum atomic E-state index is 13.7. The van der Waals surface area contributed by atoms with Crippen molar-refractivity contribution in [3.05, 3.63) is 41.1 Å². The number of likely N-dealkylation sites (N-methyl/N-ethyl adjacent to an activating group) is 1. The number of hydrogen-bond donors (Lipinski definition) is 1. The van der Waals surface area contributed by atoms with Crippen LogP contribution in [0.5, 0.6) is 5.75 Å². The minimum Gasteiger partial charge on any atom is -0.487 e. The molecular formula is C20H21F3N4O2. The molecule has 0 radical (unpaired) electrons. The smallest absolute Gasteiger partial charge is 0.246 e. The number of aryl methyl sites for hydroxylation is 1. The van der Waals surface area contributed by atoms with E-state index < -0.39 is 17.5 Å². The van der Waals surface area contributed by atoms with Gasteiger partial charge >= 0.3 is 0 Å². The molecule has 0 spiro atoms. The Bertz CT molecular complexity index is 979. The second kappa shape index (κ2) is 7.20. The molecule has 1 aromatic carbocycles. The van der Waals surface area contributed by atoms with Gasteiger partial charge in [-0.1, -0.05) is 0 Å². The van der Waals surface area contributed by atoms with Gasteiger partial charge in [0.25, 0.3) is 0 Å². The van der Waals surface area contributed by atoms with Crippen molar-refractivity contribution in [2.24, 2.45) is 5.92 Å². The van der Waals surface area contributed by atoms with Crippen LogP contribution in [-0.2, 0) is 11.2 Å². The summed E-state index contributed by atoms with van der Waals surface area (Å²) >= 11 is 0. The van der Waals surface area contributed by atoms with Crippen molar-refractivity contribution >= 4 is 17.4 Å². The highest BCUT2D eigenvalue weighted by Gasteiger charge is 2.34. The summed E-state index contributed by atoms with van der Waals surface area (Å²) in [5, 5.41) is 2.85. The highest BCUT2D eigenvalue weighted by Crippen LogP contribution is 2.36. The number of rotatable bonds is 4. The van der Waals surface area contributed by atoms with Crippen molar-refractivity contribution in [3.63, 3.8) is 0 Å². The summed E-state index contributed by atoms with van der Waals surface area (Å²) < 4.78 is 45.5. The van der Waals surface area contributed by atoms with Crippen molar-refractivity contribution in [2.75, 3.05) is 17.3 Å². The molecule has 0 bridgehead atoms. The fourth-order valence-electron chi connectivity index (χ4n) is 3.67. The van der Waals surface area contributed by atoms with Gasteiger partial charge < -0.3 is 15.0 Å². The lowest BCUT2D eigenvalue weighted by atomic mass is 9.80. The zero-order chi connectivity index (χ0) is 20.9. The topological polar surface area (TPSA) is 67.4 Å². The van der Waals surface area contributed by atoms with E-state index in [9.17, 15) is 18.0 Å². The minimum atomic E-state index is -1.53. The van der Waals surface area contributed by atoms with Crippen LogP contribution in [0, 0.1) is 30.3 Å². The number of halogens is 3. The van der Waals surface area contributed by atoms with Crippen LogP contribution in [0.2, 0.25) is 0 Å². The van der Waals surface area contributed by atoms with Crippen LogP contribution in [0.25, 0.3) is 0 Å². The van der Waals surface area contributed by atoms with Crippen molar-refractivity contribution in [3.8, 4) is 5.75 Å². The summed E-state index contributed by atoms with van der Waals surface area (Å²) in [6, 6.07) is 1.63. The van der Waals surface area contributed by atoms with Crippen LogP contribution in [0.15, 0.2) is 12.1 Å². The van der Waals surface area contributed by atoms with E-state index in [4.69, 9.17) is 4.74 Å². The molecule has 154 valence electrons. The molecular weight excluding hydrogens is 385 g/mol. The summed E-state index contributed by atoms with van der Waals surface area (Å²) in [7, 11) is 1.82. The minimum absolute atomic E-state index is 0.0945. The maximum Gasteiger partial charge on any atom is 0.246 e. The van der Waals surface area contributed by atoms with Crippen molar-refractivity contribution in [1.29, 1.82) is 0 Å². The summed E-state index contributed by atoms with van der Waals surface area (Å²) in [5.41, 5.74) is 1.33. The lowest BCUT2D eigenvalue weighted by Gasteiger charge is -2.36. The first-order valence-electron chi connectivity index (χ1n) is 9.46. The van der Waals surface area contributed by atoms with Gasteiger partial charge in [0.15, 0.2) is 23.2 Å². The number of carbonyl (C=O) groups is 1. The van der Waals surface area contributed by atoms with Gasteiger partial charge in [0.1, 0.15) is 17.6 Å². The molecule has 2 heterocycles. The Morgan fingerprint density at radius 3 is 2.66 bits per heavy atom. The quantitative estimate of drug-likeness (QED) is 0.789. The Balaban J connectivity index is 1.41. The van der Waals surface area contributed by atoms with Gasteiger partial charge in [-0.15, -0.1) is 0 Å². The number of nitrogens with one attached hydrogen (secondary N) is 1. The molecule has 1 amide bonds. The van der Waals surface area contributed by atoms with Gasteiger partial charge in [0.2, 0.25) is 11.7 Å². The molecule has 1 aliphatic heterocycles. The number of nitrogens with zero attached hydrogens (tertiary/aromatic N) is 3. The summed E-state index contributed by atoms with van der Waals surface area (Å²) in [5.74, 6) is -2.84. The van der Waals surface area contributed by atoms with Gasteiger partial charge in [-0.25, -0.2) is 18.7 Å². The first kappa shape index (κ1) is 19.5. The maximum absolute atomic E-state index is 13.7. The molecule has 2 aliphatic rings. The first-order valence-corrected chi connectivity index (χ1v) is 9.46. The Hall–Kier alpha value is -2.84. The first-order chi connectivity index (χ1) is 13.7. The average molecular weight is 406 g/mol. The van der Waals surface area contributed by atoms with Gasteiger partial charge in [-0.3, -0.25) is 4.79 Å². The summed E-state index contributed by atoms with van der Waals surface area (Å²) in [6.07, 6.45) is 1.63. The van der Waals surface area contributed by atoms with Gasteiger partial charge in [0, 0.05) is 13.5 Å². The zero-order valence-corrected chi connectivity index (χ0v) is 16.3. The highest BCUT2D eigenvalue weighted by atomic mass is 19.2. The summed E-state index contributed by atoms with van der Waals surface area (Å²) in [4.78, 5) is 22.9. The second-order valence-electron chi connectivity index (χ2n) is 7.65. The predicted octanol–water partition coefficient (Wildman–Crippen LogP) is 3.38. The normalized spacial score (nSPS) is 23.3. The Morgan fingerprint density at radius 1 is 1.21 bits per heavy atom. The van der Waals surface area contributed by atoms with Crippen LogP contribution in [-0.4, -0.2) is 35.1 Å². The third-order valence-corrected chi connectivity index (χ3v) is 5.62. The molecule has 0 saturated heterocycles. The third kappa shape index (κ3) is 3.49. The van der Waals surface area contributed by atoms with E-state index >= 15 is 0 Å². The van der Waals surface area contributed by atoms with Gasteiger partial charge in [-0.2, -0.15) is 4.39 Å². The number of amides is 1. The van der Waals surface area contributed by atoms with Crippen LogP contribution in [0.1, 0.15) is 31.3 Å². The molecule has 29 heavy (non-hydrogen) atoms. The number of hydrogen-bond acceptors (Lipinski definition) is 5. The van der Waals surface area contributed by atoms with Crippen LogP contribution in [0.4, 0.5) is 24.7 Å². The molecule has 2 aromatic rings. The van der Waals surface area contributed by atoms with E-state index in [1.165, 1.54) is 0 Å². The number of aromatic nitrogens is 2. The van der Waals surface area contributed by atoms with E-state index in [0.717, 1.165) is 12.1 Å². The Morgan fingerprint density at radius 2 is 1.93 bits per heavy atom. The molecule has 6 nitrogen and oxygen atoms in total. The van der Waals surface area contributed by atoms with Crippen molar-refractivity contribution < 1.29 is 22.7 Å². The highest BCUT2D eigenvalue weighted by molar-refractivity contribution is 6.02. The van der Waals surface area contributed by atoms with Crippen molar-refractivity contribution in [2.45, 2.75) is 45.3 Å². The molecule has 1 N–H and O–H groups in total. The molecule has 0 unspecified atom stereocenters. The SMILES string of the molecule is Cc1nc(CC2CC(Oc3ccc(F)c(F)c3F)C2)nc2c1NC(=O)[C@H](C)N2C. The molecule has 4 rings (SSSR count). The van der Waals surface area contributed by atoms with Gasteiger partial charge in [0.05, 0.1) is 11.8 Å². The average Bonchev–Trinajstić information content (AvgIpc) is 2.65. The molecule has 1 atom stereocenters. The third-order valence-electron chi connectivity index (χ3n) is 5.62. The molecule has 1 aromatic heterocycles. The number of ether oxygens (including phenoxy) is 1. The molecule has 1 fully saturated rings. The number of fused-ring (bicyclic) bond motifs is 1. The Labute approximate surface area is 166 Å². The fraction of sp³-hybridized carbons (Fsp3) is 0.450. The number of benzene rings is 1. The predicted molar refractivity (Wildman–Crippen MR) is 100 cm³/mol.